The summed E-state index contributed by atoms with van der Waals surface area (Å²) in [5.74, 6) is 0.154. The summed E-state index contributed by atoms with van der Waals surface area (Å²) in [7, 11) is 0. The maximum Gasteiger partial charge on any atom is 0.263 e. The lowest BCUT2D eigenvalue weighted by atomic mass is 10.3. The first-order valence-electron chi connectivity index (χ1n) is 6.77. The summed E-state index contributed by atoms with van der Waals surface area (Å²) in [5, 5.41) is 7.28. The zero-order chi connectivity index (χ0) is 16.4. The molecule has 0 aromatic carbocycles. The van der Waals surface area contributed by atoms with Crippen molar-refractivity contribution >= 4 is 17.2 Å². The van der Waals surface area contributed by atoms with Crippen LogP contribution < -0.4 is 10.9 Å². The molecule has 0 aliphatic rings. The average Bonchev–Trinajstić information content (AvgIpc) is 3.12. The van der Waals surface area contributed by atoms with E-state index in [9.17, 15) is 9.59 Å². The molecule has 3 aromatic heterocycles. The topological polar surface area (TPSA) is 114 Å². The third-order valence-corrected chi connectivity index (χ3v) is 4.11. The van der Waals surface area contributed by atoms with Crippen LogP contribution in [0.3, 0.4) is 0 Å². The molecule has 0 aliphatic carbocycles. The Labute approximate surface area is 134 Å². The molecule has 0 unspecified atom stereocenters. The van der Waals surface area contributed by atoms with E-state index in [1.807, 2.05) is 6.92 Å². The normalized spacial score (nSPS) is 10.7. The highest BCUT2D eigenvalue weighted by molar-refractivity contribution is 7.13. The number of aromatic amines is 1. The van der Waals surface area contributed by atoms with E-state index in [0.717, 1.165) is 5.01 Å². The van der Waals surface area contributed by atoms with Crippen LogP contribution in [0.25, 0.3) is 11.4 Å². The van der Waals surface area contributed by atoms with Gasteiger partial charge in [0.15, 0.2) is 0 Å². The molecule has 0 atom stereocenters. The fraction of sp³-hybridized carbons (Fsp3) is 0.214. The third-order valence-electron chi connectivity index (χ3n) is 3.04. The highest BCUT2D eigenvalue weighted by Crippen LogP contribution is 2.17. The number of hydrogen-bond donors (Lipinski definition) is 2. The largest absolute Gasteiger partial charge is 0.342 e. The molecular weight excluding hydrogens is 318 g/mol. The molecule has 0 aliphatic heterocycles. The average molecular weight is 331 g/mol. The van der Waals surface area contributed by atoms with Crippen molar-refractivity contribution in [3.05, 3.63) is 50.2 Å². The number of rotatable bonds is 4. The van der Waals surface area contributed by atoms with Crippen molar-refractivity contribution in [1.82, 2.24) is 25.4 Å². The minimum Gasteiger partial charge on any atom is -0.342 e. The van der Waals surface area contributed by atoms with E-state index < -0.39 is 0 Å². The highest BCUT2D eigenvalue weighted by Gasteiger charge is 2.16. The summed E-state index contributed by atoms with van der Waals surface area (Å²) in [6.07, 6.45) is 1.52. The Morgan fingerprint density at radius 1 is 1.39 bits per heavy atom. The number of carbonyl (C=O) groups is 1. The third kappa shape index (κ3) is 3.19. The summed E-state index contributed by atoms with van der Waals surface area (Å²) < 4.78 is 5.05. The first kappa shape index (κ1) is 15.1. The number of nitrogens with one attached hydrogen (secondary N) is 2. The Bertz CT molecular complexity index is 911. The molecular formula is C14H13N5O3S. The van der Waals surface area contributed by atoms with E-state index in [0.29, 0.717) is 16.1 Å². The van der Waals surface area contributed by atoms with Gasteiger partial charge in [0.25, 0.3) is 11.5 Å². The van der Waals surface area contributed by atoms with Crippen LogP contribution in [0.2, 0.25) is 0 Å². The van der Waals surface area contributed by atoms with Gasteiger partial charge in [-0.3, -0.25) is 9.59 Å². The summed E-state index contributed by atoms with van der Waals surface area (Å²) in [5.41, 5.74) is 0.689. The van der Waals surface area contributed by atoms with E-state index in [2.05, 4.69) is 25.4 Å². The van der Waals surface area contributed by atoms with Crippen molar-refractivity contribution in [2.24, 2.45) is 0 Å². The fourth-order valence-electron chi connectivity index (χ4n) is 2.01. The number of H-pyrrole nitrogens is 1. The molecule has 3 aromatic rings. The molecule has 8 nitrogen and oxygen atoms in total. The number of aryl methyl sites for hydroxylation is 2. The molecule has 0 radical (unpaired) electrons. The summed E-state index contributed by atoms with van der Waals surface area (Å²) in [6.45, 7) is 3.70. The quantitative estimate of drug-likeness (QED) is 0.747. The smallest absolute Gasteiger partial charge is 0.263 e. The van der Waals surface area contributed by atoms with Gasteiger partial charge in [-0.1, -0.05) is 5.16 Å². The number of hydrogen-bond acceptors (Lipinski definition) is 7. The number of pyridine rings is 1. The molecule has 0 spiro atoms. The molecule has 9 heteroatoms. The maximum atomic E-state index is 12.1. The molecule has 118 valence electrons. The molecule has 3 rings (SSSR count). The van der Waals surface area contributed by atoms with Gasteiger partial charge >= 0.3 is 0 Å². The van der Waals surface area contributed by atoms with E-state index in [4.69, 9.17) is 4.52 Å². The van der Waals surface area contributed by atoms with Crippen LogP contribution in [0.4, 0.5) is 0 Å². The molecule has 3 heterocycles. The Hall–Kier alpha value is -2.81. The van der Waals surface area contributed by atoms with Crippen LogP contribution in [-0.2, 0) is 6.54 Å². The predicted molar refractivity (Wildman–Crippen MR) is 83.1 cm³/mol. The SMILES string of the molecule is Cc1nc(C)c(C(=O)NCc2nc(-c3ccc[nH]c3=O)no2)s1. The monoisotopic (exact) mass is 331 g/mol. The van der Waals surface area contributed by atoms with Crippen molar-refractivity contribution in [2.75, 3.05) is 0 Å². The standard InChI is InChI=1S/C14H13N5O3S/c1-7-11(23-8(2)17-7)14(21)16-6-10-18-12(19-22-10)9-4-3-5-15-13(9)20/h3-5H,6H2,1-2H3,(H,15,20)(H,16,21). The van der Waals surface area contributed by atoms with Gasteiger partial charge in [0, 0.05) is 6.20 Å². The zero-order valence-electron chi connectivity index (χ0n) is 12.4. The van der Waals surface area contributed by atoms with E-state index in [-0.39, 0.29) is 29.7 Å². The first-order valence-corrected chi connectivity index (χ1v) is 7.59. The summed E-state index contributed by atoms with van der Waals surface area (Å²) in [6, 6.07) is 3.26. The maximum absolute atomic E-state index is 12.1. The van der Waals surface area contributed by atoms with Crippen LogP contribution in [0, 0.1) is 13.8 Å². The van der Waals surface area contributed by atoms with Gasteiger partial charge in [0.1, 0.15) is 4.88 Å². The van der Waals surface area contributed by atoms with Gasteiger partial charge in [-0.25, -0.2) is 4.98 Å². The second kappa shape index (κ2) is 6.13. The number of amides is 1. The van der Waals surface area contributed by atoms with Crippen LogP contribution in [0.5, 0.6) is 0 Å². The number of carbonyl (C=O) groups excluding carboxylic acids is 1. The Morgan fingerprint density at radius 3 is 2.91 bits per heavy atom. The lowest BCUT2D eigenvalue weighted by Crippen LogP contribution is -2.22. The minimum atomic E-state index is -0.306. The van der Waals surface area contributed by atoms with Crippen molar-refractivity contribution in [2.45, 2.75) is 20.4 Å². The zero-order valence-corrected chi connectivity index (χ0v) is 13.2. The van der Waals surface area contributed by atoms with Crippen LogP contribution in [0.15, 0.2) is 27.6 Å². The van der Waals surface area contributed by atoms with Crippen molar-refractivity contribution < 1.29 is 9.32 Å². The fourth-order valence-corrected chi connectivity index (χ4v) is 2.85. The Kier molecular flexibility index (Phi) is 4.02. The van der Waals surface area contributed by atoms with Gasteiger partial charge in [-0.2, -0.15) is 4.98 Å². The second-order valence-corrected chi connectivity index (χ2v) is 5.96. The number of thiazole rings is 1. The number of aromatic nitrogens is 4. The molecule has 2 N–H and O–H groups in total. The lowest BCUT2D eigenvalue weighted by Gasteiger charge is -1.99. The Balaban J connectivity index is 1.70. The lowest BCUT2D eigenvalue weighted by molar-refractivity contribution is 0.0949. The Morgan fingerprint density at radius 2 is 2.22 bits per heavy atom. The molecule has 1 amide bonds. The van der Waals surface area contributed by atoms with E-state index in [1.165, 1.54) is 17.5 Å². The minimum absolute atomic E-state index is 0.0763. The molecule has 0 saturated carbocycles. The summed E-state index contributed by atoms with van der Waals surface area (Å²) in [4.78, 5) is 35.2. The van der Waals surface area contributed by atoms with Crippen molar-refractivity contribution in [3.8, 4) is 11.4 Å². The van der Waals surface area contributed by atoms with Gasteiger partial charge in [0.05, 0.1) is 22.8 Å². The van der Waals surface area contributed by atoms with Gasteiger partial charge in [-0.05, 0) is 26.0 Å². The van der Waals surface area contributed by atoms with E-state index >= 15 is 0 Å². The second-order valence-electron chi connectivity index (χ2n) is 4.75. The summed E-state index contributed by atoms with van der Waals surface area (Å²) >= 11 is 1.33. The molecule has 0 fully saturated rings. The van der Waals surface area contributed by atoms with Gasteiger partial charge in [-0.15, -0.1) is 11.3 Å². The highest BCUT2D eigenvalue weighted by atomic mass is 32.1. The predicted octanol–water partition coefficient (Wildman–Crippen LogP) is 1.43. The van der Waals surface area contributed by atoms with Crippen molar-refractivity contribution in [3.63, 3.8) is 0 Å². The van der Waals surface area contributed by atoms with Crippen molar-refractivity contribution in [1.29, 1.82) is 0 Å². The van der Waals surface area contributed by atoms with Crippen LogP contribution in [0.1, 0.15) is 26.3 Å². The van der Waals surface area contributed by atoms with Crippen LogP contribution >= 0.6 is 11.3 Å². The first-order chi connectivity index (χ1) is 11.0. The van der Waals surface area contributed by atoms with Gasteiger partial charge in [0.2, 0.25) is 11.7 Å². The number of nitrogens with zero attached hydrogens (tertiary/aromatic N) is 3. The molecule has 0 saturated heterocycles. The molecule has 23 heavy (non-hydrogen) atoms. The van der Waals surface area contributed by atoms with Gasteiger partial charge < -0.3 is 14.8 Å². The van der Waals surface area contributed by atoms with E-state index in [1.54, 1.807) is 19.1 Å². The molecule has 0 bridgehead atoms. The van der Waals surface area contributed by atoms with Crippen LogP contribution in [-0.4, -0.2) is 26.0 Å².